The van der Waals surface area contributed by atoms with Gasteiger partial charge in [0.15, 0.2) is 5.82 Å². The van der Waals surface area contributed by atoms with Gasteiger partial charge in [-0.3, -0.25) is 0 Å². The first-order valence-corrected chi connectivity index (χ1v) is 8.81. The standard InChI is InChI=1S/C20H24N4/c1-15-13-19(20-21-8-12-23(20)2)22-18-6-5-16(14-17(15)18)7-11-24-9-3-4-10-24/h5-6,8,12-14H,3-4,7,9-11H2,1-2H3. The quantitative estimate of drug-likeness (QED) is 0.737. The van der Waals surface area contributed by atoms with E-state index in [0.29, 0.717) is 0 Å². The smallest absolute Gasteiger partial charge is 0.158 e. The molecule has 1 aliphatic heterocycles. The van der Waals surface area contributed by atoms with Crippen LogP contribution in [0.2, 0.25) is 0 Å². The Balaban J connectivity index is 1.62. The number of hydrogen-bond donors (Lipinski definition) is 0. The van der Waals surface area contributed by atoms with Gasteiger partial charge in [-0.05, 0) is 68.6 Å². The monoisotopic (exact) mass is 320 g/mol. The second kappa shape index (κ2) is 6.36. The van der Waals surface area contributed by atoms with Crippen molar-refractivity contribution in [2.24, 2.45) is 7.05 Å². The van der Waals surface area contributed by atoms with E-state index in [-0.39, 0.29) is 0 Å². The van der Waals surface area contributed by atoms with E-state index in [1.165, 1.54) is 49.0 Å². The normalized spacial score (nSPS) is 15.4. The second-order valence-electron chi connectivity index (χ2n) is 6.84. The zero-order valence-electron chi connectivity index (χ0n) is 14.5. The average molecular weight is 320 g/mol. The largest absolute Gasteiger partial charge is 0.333 e. The minimum Gasteiger partial charge on any atom is -0.333 e. The molecule has 0 radical (unpaired) electrons. The number of aromatic nitrogens is 3. The number of imidazole rings is 1. The lowest BCUT2D eigenvalue weighted by atomic mass is 10.0. The van der Waals surface area contributed by atoms with Gasteiger partial charge >= 0.3 is 0 Å². The van der Waals surface area contributed by atoms with Gasteiger partial charge in [0.1, 0.15) is 5.69 Å². The van der Waals surface area contributed by atoms with Crippen molar-refractivity contribution in [1.29, 1.82) is 0 Å². The Labute approximate surface area is 143 Å². The highest BCUT2D eigenvalue weighted by molar-refractivity contribution is 5.85. The summed E-state index contributed by atoms with van der Waals surface area (Å²) in [5.74, 6) is 0.915. The molecule has 4 heteroatoms. The number of fused-ring (bicyclic) bond motifs is 1. The zero-order chi connectivity index (χ0) is 16.5. The van der Waals surface area contributed by atoms with Crippen molar-refractivity contribution in [3.63, 3.8) is 0 Å². The van der Waals surface area contributed by atoms with Gasteiger partial charge in [0.05, 0.1) is 5.52 Å². The Morgan fingerprint density at radius 1 is 1.12 bits per heavy atom. The Morgan fingerprint density at radius 3 is 2.71 bits per heavy atom. The number of hydrogen-bond acceptors (Lipinski definition) is 3. The summed E-state index contributed by atoms with van der Waals surface area (Å²) in [4.78, 5) is 11.8. The Hall–Kier alpha value is -2.20. The molecule has 2 aromatic heterocycles. The Kier molecular flexibility index (Phi) is 4.07. The lowest BCUT2D eigenvalue weighted by Crippen LogP contribution is -2.21. The molecule has 0 spiro atoms. The van der Waals surface area contributed by atoms with E-state index in [4.69, 9.17) is 4.98 Å². The molecule has 0 saturated carbocycles. The summed E-state index contributed by atoms with van der Waals surface area (Å²) in [6.45, 7) is 5.87. The molecule has 1 saturated heterocycles. The highest BCUT2D eigenvalue weighted by atomic mass is 15.1. The summed E-state index contributed by atoms with van der Waals surface area (Å²) in [5.41, 5.74) is 4.67. The van der Waals surface area contributed by atoms with Crippen LogP contribution in [0.1, 0.15) is 24.0 Å². The van der Waals surface area contributed by atoms with Crippen molar-refractivity contribution in [3.05, 3.63) is 47.8 Å². The van der Waals surface area contributed by atoms with Crippen LogP contribution in [0.25, 0.3) is 22.4 Å². The third-order valence-electron chi connectivity index (χ3n) is 5.05. The zero-order valence-corrected chi connectivity index (χ0v) is 14.5. The molecule has 0 N–H and O–H groups in total. The number of aryl methyl sites for hydroxylation is 2. The first kappa shape index (κ1) is 15.3. The van der Waals surface area contributed by atoms with Crippen LogP contribution in [-0.4, -0.2) is 39.1 Å². The van der Waals surface area contributed by atoms with Crippen LogP contribution in [0.3, 0.4) is 0 Å². The van der Waals surface area contributed by atoms with E-state index < -0.39 is 0 Å². The fourth-order valence-electron chi connectivity index (χ4n) is 3.62. The van der Waals surface area contributed by atoms with Gasteiger partial charge < -0.3 is 9.47 Å². The fraction of sp³-hybridized carbons (Fsp3) is 0.400. The minimum atomic E-state index is 0.915. The van der Waals surface area contributed by atoms with E-state index in [9.17, 15) is 0 Å². The van der Waals surface area contributed by atoms with E-state index in [2.05, 4.69) is 41.1 Å². The van der Waals surface area contributed by atoms with E-state index in [0.717, 1.165) is 23.5 Å². The summed E-state index contributed by atoms with van der Waals surface area (Å²) in [6, 6.07) is 8.85. The van der Waals surface area contributed by atoms with E-state index in [1.807, 2.05) is 24.0 Å². The number of rotatable bonds is 4. The van der Waals surface area contributed by atoms with Crippen LogP contribution < -0.4 is 0 Å². The van der Waals surface area contributed by atoms with Crippen LogP contribution in [0.5, 0.6) is 0 Å². The first-order chi connectivity index (χ1) is 11.7. The average Bonchev–Trinajstić information content (AvgIpc) is 3.24. The Bertz CT molecular complexity index is 859. The van der Waals surface area contributed by atoms with Crippen molar-refractivity contribution in [3.8, 4) is 11.5 Å². The topological polar surface area (TPSA) is 34.0 Å². The molecule has 0 amide bonds. The van der Waals surface area contributed by atoms with Crippen molar-refractivity contribution in [2.45, 2.75) is 26.2 Å². The highest BCUT2D eigenvalue weighted by Gasteiger charge is 2.12. The molecule has 24 heavy (non-hydrogen) atoms. The number of benzene rings is 1. The van der Waals surface area contributed by atoms with Gasteiger partial charge in [-0.25, -0.2) is 9.97 Å². The van der Waals surface area contributed by atoms with E-state index in [1.54, 1.807) is 0 Å². The van der Waals surface area contributed by atoms with Crippen molar-refractivity contribution in [1.82, 2.24) is 19.4 Å². The molecular formula is C20H24N4. The number of pyridine rings is 1. The van der Waals surface area contributed by atoms with Gasteiger partial charge in [-0.2, -0.15) is 0 Å². The maximum absolute atomic E-state index is 4.82. The molecule has 4 rings (SSSR count). The third kappa shape index (κ3) is 2.94. The molecule has 3 aromatic rings. The molecular weight excluding hydrogens is 296 g/mol. The van der Waals surface area contributed by atoms with E-state index >= 15 is 0 Å². The number of nitrogens with zero attached hydrogens (tertiary/aromatic N) is 4. The van der Waals surface area contributed by atoms with Crippen LogP contribution in [0.15, 0.2) is 36.7 Å². The highest BCUT2D eigenvalue weighted by Crippen LogP contribution is 2.24. The van der Waals surface area contributed by atoms with Gasteiger partial charge in [-0.1, -0.05) is 6.07 Å². The van der Waals surface area contributed by atoms with Crippen molar-refractivity contribution < 1.29 is 0 Å². The molecule has 4 nitrogen and oxygen atoms in total. The molecule has 124 valence electrons. The molecule has 3 heterocycles. The summed E-state index contributed by atoms with van der Waals surface area (Å²) >= 11 is 0. The van der Waals surface area contributed by atoms with Crippen LogP contribution >= 0.6 is 0 Å². The number of likely N-dealkylation sites (tertiary alicyclic amines) is 1. The van der Waals surface area contributed by atoms with Crippen LogP contribution in [0, 0.1) is 6.92 Å². The van der Waals surface area contributed by atoms with Crippen molar-refractivity contribution >= 4 is 10.9 Å². The molecule has 1 aliphatic rings. The van der Waals surface area contributed by atoms with Crippen LogP contribution in [0.4, 0.5) is 0 Å². The predicted octanol–water partition coefficient (Wildman–Crippen LogP) is 3.58. The SMILES string of the molecule is Cc1cc(-c2nccn2C)nc2ccc(CCN3CCCC3)cc12. The summed E-state index contributed by atoms with van der Waals surface area (Å²) < 4.78 is 2.01. The lowest BCUT2D eigenvalue weighted by molar-refractivity contribution is 0.343. The molecule has 0 aliphatic carbocycles. The van der Waals surface area contributed by atoms with Gasteiger partial charge in [0.2, 0.25) is 0 Å². The third-order valence-corrected chi connectivity index (χ3v) is 5.05. The fourth-order valence-corrected chi connectivity index (χ4v) is 3.62. The molecule has 0 atom stereocenters. The minimum absolute atomic E-state index is 0.915. The summed E-state index contributed by atoms with van der Waals surface area (Å²) in [5, 5.41) is 1.26. The first-order valence-electron chi connectivity index (χ1n) is 8.81. The maximum atomic E-state index is 4.82. The lowest BCUT2D eigenvalue weighted by Gasteiger charge is -2.14. The van der Waals surface area contributed by atoms with Crippen molar-refractivity contribution in [2.75, 3.05) is 19.6 Å². The molecule has 1 aromatic carbocycles. The van der Waals surface area contributed by atoms with Gasteiger partial charge in [0, 0.05) is 31.4 Å². The predicted molar refractivity (Wildman–Crippen MR) is 98.1 cm³/mol. The summed E-state index contributed by atoms with van der Waals surface area (Å²) in [7, 11) is 2.00. The Morgan fingerprint density at radius 2 is 1.96 bits per heavy atom. The maximum Gasteiger partial charge on any atom is 0.158 e. The molecule has 1 fully saturated rings. The second-order valence-corrected chi connectivity index (χ2v) is 6.84. The summed E-state index contributed by atoms with van der Waals surface area (Å²) in [6.07, 6.45) is 7.61. The van der Waals surface area contributed by atoms with Gasteiger partial charge in [0.25, 0.3) is 0 Å². The molecule has 0 unspecified atom stereocenters. The molecule has 0 bridgehead atoms. The van der Waals surface area contributed by atoms with Crippen LogP contribution in [-0.2, 0) is 13.5 Å². The van der Waals surface area contributed by atoms with Gasteiger partial charge in [-0.15, -0.1) is 0 Å².